The van der Waals surface area contributed by atoms with Crippen molar-refractivity contribution >= 4 is 24.0 Å². The first-order chi connectivity index (χ1) is 5.93. The number of nitrogens with zero attached hydrogens (tertiary/aromatic N) is 1. The third-order valence-corrected chi connectivity index (χ3v) is 1.83. The van der Waals surface area contributed by atoms with E-state index in [1.54, 1.807) is 0 Å². The van der Waals surface area contributed by atoms with Gasteiger partial charge in [0.2, 0.25) is 0 Å². The molecular formula is C7H7Cl2F3N2. The Labute approximate surface area is 89.7 Å². The lowest BCUT2D eigenvalue weighted by atomic mass is 10.1. The number of aromatic nitrogens is 1. The highest BCUT2D eigenvalue weighted by Crippen LogP contribution is 2.33. The Bertz CT molecular complexity index is 303. The molecule has 14 heavy (non-hydrogen) atoms. The van der Waals surface area contributed by atoms with E-state index in [9.17, 15) is 13.2 Å². The molecule has 1 atom stereocenters. The Morgan fingerprint density at radius 3 is 2.43 bits per heavy atom. The second-order valence-electron chi connectivity index (χ2n) is 2.42. The fraction of sp³-hybridized carbons (Fsp3) is 0.286. The zero-order chi connectivity index (χ0) is 10.1. The summed E-state index contributed by atoms with van der Waals surface area (Å²) in [5.74, 6) is 0. The van der Waals surface area contributed by atoms with E-state index in [-0.39, 0.29) is 23.0 Å². The fourth-order valence-electron chi connectivity index (χ4n) is 0.795. The average molecular weight is 247 g/mol. The van der Waals surface area contributed by atoms with Gasteiger partial charge in [-0.1, -0.05) is 11.6 Å². The van der Waals surface area contributed by atoms with Gasteiger partial charge in [-0.15, -0.1) is 12.4 Å². The summed E-state index contributed by atoms with van der Waals surface area (Å²) >= 11 is 5.51. The largest absolute Gasteiger partial charge is 0.407 e. The standard InChI is InChI=1S/C7H6ClF3N2.ClH/c8-5-1-2-13-3-4(5)6(12)7(9,10)11;/h1-3,6H,12H2;1H/t6-;/m0./s1. The first-order valence-electron chi connectivity index (χ1n) is 3.34. The van der Waals surface area contributed by atoms with Gasteiger partial charge in [0, 0.05) is 23.0 Å². The zero-order valence-corrected chi connectivity index (χ0v) is 8.33. The minimum Gasteiger partial charge on any atom is -0.316 e. The highest BCUT2D eigenvalue weighted by Gasteiger charge is 2.38. The van der Waals surface area contributed by atoms with Gasteiger partial charge in [0.05, 0.1) is 0 Å². The molecule has 0 bridgehead atoms. The van der Waals surface area contributed by atoms with Crippen LogP contribution in [-0.2, 0) is 0 Å². The molecule has 1 aromatic heterocycles. The maximum Gasteiger partial charge on any atom is 0.407 e. The number of halogens is 5. The van der Waals surface area contributed by atoms with E-state index in [0.717, 1.165) is 6.20 Å². The molecule has 0 aliphatic rings. The molecule has 0 aromatic carbocycles. The van der Waals surface area contributed by atoms with Crippen LogP contribution < -0.4 is 5.73 Å². The summed E-state index contributed by atoms with van der Waals surface area (Å²) < 4.78 is 36.3. The SMILES string of the molecule is Cl.N[C@@H](c1cnccc1Cl)C(F)(F)F. The van der Waals surface area contributed by atoms with Crippen LogP contribution in [0.4, 0.5) is 13.2 Å². The van der Waals surface area contributed by atoms with E-state index >= 15 is 0 Å². The van der Waals surface area contributed by atoms with Gasteiger partial charge in [-0.25, -0.2) is 0 Å². The summed E-state index contributed by atoms with van der Waals surface area (Å²) in [6.07, 6.45) is -2.18. The van der Waals surface area contributed by atoms with Crippen molar-refractivity contribution in [2.24, 2.45) is 5.73 Å². The van der Waals surface area contributed by atoms with Crippen molar-refractivity contribution in [1.82, 2.24) is 4.98 Å². The van der Waals surface area contributed by atoms with Gasteiger partial charge in [-0.05, 0) is 6.07 Å². The van der Waals surface area contributed by atoms with Gasteiger partial charge in [-0.3, -0.25) is 4.98 Å². The van der Waals surface area contributed by atoms with Crippen LogP contribution >= 0.6 is 24.0 Å². The van der Waals surface area contributed by atoms with Gasteiger partial charge in [-0.2, -0.15) is 13.2 Å². The van der Waals surface area contributed by atoms with Gasteiger partial charge in [0.15, 0.2) is 0 Å². The Morgan fingerprint density at radius 2 is 2.00 bits per heavy atom. The van der Waals surface area contributed by atoms with Gasteiger partial charge >= 0.3 is 6.18 Å². The van der Waals surface area contributed by atoms with E-state index in [4.69, 9.17) is 17.3 Å². The molecule has 0 saturated heterocycles. The molecule has 1 aromatic rings. The third kappa shape index (κ3) is 3.01. The van der Waals surface area contributed by atoms with E-state index in [1.807, 2.05) is 0 Å². The molecular weight excluding hydrogens is 240 g/mol. The lowest BCUT2D eigenvalue weighted by Gasteiger charge is -2.16. The molecule has 0 aliphatic carbocycles. The van der Waals surface area contributed by atoms with Crippen molar-refractivity contribution in [2.45, 2.75) is 12.2 Å². The van der Waals surface area contributed by atoms with E-state index in [1.165, 1.54) is 12.3 Å². The van der Waals surface area contributed by atoms with Crippen molar-refractivity contribution in [2.75, 3.05) is 0 Å². The number of pyridine rings is 1. The molecule has 0 unspecified atom stereocenters. The molecule has 0 radical (unpaired) electrons. The van der Waals surface area contributed by atoms with Crippen LogP contribution in [0, 0.1) is 0 Å². The first-order valence-corrected chi connectivity index (χ1v) is 3.72. The van der Waals surface area contributed by atoms with Crippen LogP contribution in [0.15, 0.2) is 18.5 Å². The molecule has 0 spiro atoms. The zero-order valence-electron chi connectivity index (χ0n) is 6.75. The van der Waals surface area contributed by atoms with E-state index < -0.39 is 12.2 Å². The minimum atomic E-state index is -4.49. The minimum absolute atomic E-state index is 0. The number of alkyl halides is 3. The van der Waals surface area contributed by atoms with Crippen LogP contribution in [0.2, 0.25) is 5.02 Å². The molecule has 7 heteroatoms. The molecule has 0 fully saturated rings. The lowest BCUT2D eigenvalue weighted by Crippen LogP contribution is -2.28. The van der Waals surface area contributed by atoms with Crippen molar-refractivity contribution in [3.8, 4) is 0 Å². The molecule has 0 amide bonds. The Hall–Kier alpha value is -0.520. The number of hydrogen-bond acceptors (Lipinski definition) is 2. The predicted octanol–water partition coefficient (Wildman–Crippen LogP) is 2.72. The topological polar surface area (TPSA) is 38.9 Å². The second-order valence-corrected chi connectivity index (χ2v) is 2.82. The van der Waals surface area contributed by atoms with Crippen LogP contribution in [0.25, 0.3) is 0 Å². The summed E-state index contributed by atoms with van der Waals surface area (Å²) in [6, 6.07) is -0.809. The molecule has 1 heterocycles. The number of nitrogens with two attached hydrogens (primary N) is 1. The Morgan fingerprint density at radius 1 is 1.43 bits per heavy atom. The second kappa shape index (κ2) is 4.82. The van der Waals surface area contributed by atoms with Crippen molar-refractivity contribution < 1.29 is 13.2 Å². The van der Waals surface area contributed by atoms with Crippen molar-refractivity contribution in [3.05, 3.63) is 29.0 Å². The van der Waals surface area contributed by atoms with Gasteiger partial charge in [0.1, 0.15) is 6.04 Å². The van der Waals surface area contributed by atoms with E-state index in [0.29, 0.717) is 0 Å². The third-order valence-electron chi connectivity index (χ3n) is 1.48. The highest BCUT2D eigenvalue weighted by atomic mass is 35.5. The maximum absolute atomic E-state index is 12.1. The fourth-order valence-corrected chi connectivity index (χ4v) is 1.02. The van der Waals surface area contributed by atoms with Crippen molar-refractivity contribution in [3.63, 3.8) is 0 Å². The van der Waals surface area contributed by atoms with E-state index in [2.05, 4.69) is 4.98 Å². The molecule has 2 nitrogen and oxygen atoms in total. The smallest absolute Gasteiger partial charge is 0.316 e. The first kappa shape index (κ1) is 13.5. The van der Waals surface area contributed by atoms with Gasteiger partial charge in [0.25, 0.3) is 0 Å². The summed E-state index contributed by atoms with van der Waals surface area (Å²) in [4.78, 5) is 3.52. The van der Waals surface area contributed by atoms with Crippen molar-refractivity contribution in [1.29, 1.82) is 0 Å². The maximum atomic E-state index is 12.1. The molecule has 80 valence electrons. The quantitative estimate of drug-likeness (QED) is 0.828. The van der Waals surface area contributed by atoms with Crippen LogP contribution in [0.5, 0.6) is 0 Å². The molecule has 1 rings (SSSR count). The summed E-state index contributed by atoms with van der Waals surface area (Å²) in [5, 5.41) is -0.0279. The van der Waals surface area contributed by atoms with Gasteiger partial charge < -0.3 is 5.73 Å². The predicted molar refractivity (Wildman–Crippen MR) is 49.5 cm³/mol. The highest BCUT2D eigenvalue weighted by molar-refractivity contribution is 6.31. The normalized spacial score (nSPS) is 13.2. The Balaban J connectivity index is 0.00000169. The lowest BCUT2D eigenvalue weighted by molar-refractivity contribution is -0.149. The Kier molecular flexibility index (Phi) is 4.64. The summed E-state index contributed by atoms with van der Waals surface area (Å²) in [6.45, 7) is 0. The molecule has 2 N–H and O–H groups in total. The van der Waals surface area contributed by atoms with Crippen LogP contribution in [0.3, 0.4) is 0 Å². The molecule has 0 aliphatic heterocycles. The molecule has 0 saturated carbocycles. The summed E-state index contributed by atoms with van der Waals surface area (Å²) in [7, 11) is 0. The number of rotatable bonds is 1. The number of hydrogen-bond donors (Lipinski definition) is 1. The summed E-state index contributed by atoms with van der Waals surface area (Å²) in [5.41, 5.74) is 4.71. The average Bonchev–Trinajstić information content (AvgIpc) is 2.02. The van der Waals surface area contributed by atoms with Crippen LogP contribution in [0.1, 0.15) is 11.6 Å². The monoisotopic (exact) mass is 246 g/mol. The van der Waals surface area contributed by atoms with Crippen LogP contribution in [-0.4, -0.2) is 11.2 Å².